The molecular formula is C18H21NO2. The lowest BCUT2D eigenvalue weighted by molar-refractivity contribution is -0.132. The summed E-state index contributed by atoms with van der Waals surface area (Å²) in [5.74, 6) is -0.0787. The van der Waals surface area contributed by atoms with Crippen molar-refractivity contribution in [3.8, 4) is 0 Å². The molecule has 3 heteroatoms. The average Bonchev–Trinajstić information content (AvgIpc) is 2.54. The Hall–Kier alpha value is -1.87. The number of aliphatic hydroxyl groups excluding tert-OH is 1. The fourth-order valence-corrected chi connectivity index (χ4v) is 3.58. The third kappa shape index (κ3) is 2.22. The average molecular weight is 283 g/mol. The molecule has 0 radical (unpaired) electrons. The van der Waals surface area contributed by atoms with Gasteiger partial charge in [0.15, 0.2) is 0 Å². The zero-order chi connectivity index (χ0) is 14.9. The first kappa shape index (κ1) is 14.1. The molecule has 0 bridgehead atoms. The molecular weight excluding hydrogens is 262 g/mol. The molecule has 0 saturated heterocycles. The highest BCUT2D eigenvalue weighted by atomic mass is 16.3. The van der Waals surface area contributed by atoms with E-state index in [0.29, 0.717) is 12.8 Å². The Balaban J connectivity index is 2.16. The van der Waals surface area contributed by atoms with Gasteiger partial charge in [-0.25, -0.2) is 0 Å². The predicted molar refractivity (Wildman–Crippen MR) is 84.2 cm³/mol. The summed E-state index contributed by atoms with van der Waals surface area (Å²) in [5, 5.41) is 15.6. The smallest absolute Gasteiger partial charge is 0.233 e. The van der Waals surface area contributed by atoms with Gasteiger partial charge in [-0.3, -0.25) is 4.79 Å². The van der Waals surface area contributed by atoms with Crippen LogP contribution in [0.4, 0.5) is 0 Å². The maximum Gasteiger partial charge on any atom is 0.233 e. The SMILES string of the molecule is CNC(=O)[C@]1(c2ccc3ccccc3c2)CCCC[C@H]1O. The van der Waals surface area contributed by atoms with Crippen molar-refractivity contribution in [3.63, 3.8) is 0 Å². The summed E-state index contributed by atoms with van der Waals surface area (Å²) in [6, 6.07) is 14.2. The van der Waals surface area contributed by atoms with E-state index in [1.807, 2.05) is 30.3 Å². The maximum absolute atomic E-state index is 12.6. The monoisotopic (exact) mass is 283 g/mol. The largest absolute Gasteiger partial charge is 0.392 e. The lowest BCUT2D eigenvalue weighted by atomic mass is 9.66. The number of hydrogen-bond acceptors (Lipinski definition) is 2. The van der Waals surface area contributed by atoms with Gasteiger partial charge in [0.25, 0.3) is 0 Å². The Morgan fingerprint density at radius 2 is 1.95 bits per heavy atom. The van der Waals surface area contributed by atoms with Crippen molar-refractivity contribution in [1.82, 2.24) is 5.32 Å². The van der Waals surface area contributed by atoms with E-state index < -0.39 is 11.5 Å². The van der Waals surface area contributed by atoms with Gasteiger partial charge in [-0.1, -0.05) is 49.2 Å². The van der Waals surface area contributed by atoms with Crippen LogP contribution in [0.15, 0.2) is 42.5 Å². The van der Waals surface area contributed by atoms with Gasteiger partial charge in [-0.2, -0.15) is 0 Å². The molecule has 0 unspecified atom stereocenters. The van der Waals surface area contributed by atoms with Crippen LogP contribution in [-0.2, 0) is 10.2 Å². The number of benzene rings is 2. The van der Waals surface area contributed by atoms with Crippen LogP contribution in [0.25, 0.3) is 10.8 Å². The first-order valence-corrected chi connectivity index (χ1v) is 7.58. The minimum absolute atomic E-state index is 0.0787. The summed E-state index contributed by atoms with van der Waals surface area (Å²) >= 11 is 0. The lowest BCUT2D eigenvalue weighted by Crippen LogP contribution is -2.53. The molecule has 1 amide bonds. The van der Waals surface area contributed by atoms with Crippen LogP contribution in [0.2, 0.25) is 0 Å². The summed E-state index contributed by atoms with van der Waals surface area (Å²) in [6.45, 7) is 0. The molecule has 1 saturated carbocycles. The minimum Gasteiger partial charge on any atom is -0.392 e. The molecule has 0 aromatic heterocycles. The zero-order valence-corrected chi connectivity index (χ0v) is 12.3. The van der Waals surface area contributed by atoms with Gasteiger partial charge >= 0.3 is 0 Å². The van der Waals surface area contributed by atoms with Crippen molar-refractivity contribution >= 4 is 16.7 Å². The van der Waals surface area contributed by atoms with Crippen molar-refractivity contribution in [2.75, 3.05) is 7.05 Å². The molecule has 1 aliphatic carbocycles. The molecule has 110 valence electrons. The van der Waals surface area contributed by atoms with Crippen LogP contribution < -0.4 is 5.32 Å². The summed E-state index contributed by atoms with van der Waals surface area (Å²) in [7, 11) is 1.65. The number of nitrogens with one attached hydrogen (secondary N) is 1. The second-order valence-corrected chi connectivity index (χ2v) is 5.87. The van der Waals surface area contributed by atoms with Crippen LogP contribution in [0, 0.1) is 0 Å². The maximum atomic E-state index is 12.6. The Bertz CT molecular complexity index is 667. The molecule has 3 nitrogen and oxygen atoms in total. The molecule has 0 spiro atoms. The van der Waals surface area contributed by atoms with Gasteiger partial charge in [-0.05, 0) is 35.2 Å². The highest BCUT2D eigenvalue weighted by molar-refractivity contribution is 5.91. The first-order valence-electron chi connectivity index (χ1n) is 7.58. The molecule has 2 atom stereocenters. The Labute approximate surface area is 125 Å². The quantitative estimate of drug-likeness (QED) is 0.890. The van der Waals surface area contributed by atoms with Gasteiger partial charge in [0.05, 0.1) is 11.5 Å². The molecule has 3 rings (SSSR count). The van der Waals surface area contributed by atoms with Crippen LogP contribution in [0.1, 0.15) is 31.2 Å². The highest BCUT2D eigenvalue weighted by Gasteiger charge is 2.47. The normalized spacial score (nSPS) is 25.7. The van der Waals surface area contributed by atoms with Crippen molar-refractivity contribution < 1.29 is 9.90 Å². The van der Waals surface area contributed by atoms with E-state index in [1.165, 1.54) is 0 Å². The van der Waals surface area contributed by atoms with Crippen LogP contribution in [-0.4, -0.2) is 24.2 Å². The summed E-state index contributed by atoms with van der Waals surface area (Å²) in [5.41, 5.74) is 0.115. The molecule has 2 N–H and O–H groups in total. The topological polar surface area (TPSA) is 49.3 Å². The Kier molecular flexibility index (Phi) is 3.68. The van der Waals surface area contributed by atoms with Crippen molar-refractivity contribution in [1.29, 1.82) is 0 Å². The molecule has 2 aromatic rings. The van der Waals surface area contributed by atoms with Crippen LogP contribution in [0.3, 0.4) is 0 Å². The van der Waals surface area contributed by atoms with Gasteiger partial charge in [-0.15, -0.1) is 0 Å². The fraction of sp³-hybridized carbons (Fsp3) is 0.389. The number of rotatable bonds is 2. The predicted octanol–water partition coefficient (Wildman–Crippen LogP) is 2.76. The molecule has 1 fully saturated rings. The van der Waals surface area contributed by atoms with Gasteiger partial charge in [0.2, 0.25) is 5.91 Å². The van der Waals surface area contributed by atoms with Crippen molar-refractivity contribution in [3.05, 3.63) is 48.0 Å². The lowest BCUT2D eigenvalue weighted by Gasteiger charge is -2.40. The first-order chi connectivity index (χ1) is 10.2. The Morgan fingerprint density at radius 3 is 2.67 bits per heavy atom. The van der Waals surface area contributed by atoms with E-state index >= 15 is 0 Å². The van der Waals surface area contributed by atoms with Gasteiger partial charge in [0.1, 0.15) is 0 Å². The van der Waals surface area contributed by atoms with E-state index in [9.17, 15) is 9.90 Å². The number of amides is 1. The van der Waals surface area contributed by atoms with E-state index in [4.69, 9.17) is 0 Å². The molecule has 2 aromatic carbocycles. The van der Waals surface area contributed by atoms with E-state index in [0.717, 1.165) is 29.2 Å². The second-order valence-electron chi connectivity index (χ2n) is 5.87. The number of carbonyl (C=O) groups excluding carboxylic acids is 1. The van der Waals surface area contributed by atoms with E-state index in [2.05, 4.69) is 17.4 Å². The Morgan fingerprint density at radius 1 is 1.19 bits per heavy atom. The molecule has 21 heavy (non-hydrogen) atoms. The number of fused-ring (bicyclic) bond motifs is 1. The van der Waals surface area contributed by atoms with Gasteiger partial charge in [0, 0.05) is 7.05 Å². The van der Waals surface area contributed by atoms with E-state index in [-0.39, 0.29) is 5.91 Å². The second kappa shape index (κ2) is 5.49. The number of hydrogen-bond donors (Lipinski definition) is 2. The number of carbonyl (C=O) groups is 1. The molecule has 1 aliphatic rings. The minimum atomic E-state index is -0.809. The van der Waals surface area contributed by atoms with Crippen molar-refractivity contribution in [2.45, 2.75) is 37.2 Å². The van der Waals surface area contributed by atoms with Crippen LogP contribution in [0.5, 0.6) is 0 Å². The molecule has 0 aliphatic heterocycles. The number of likely N-dealkylation sites (N-methyl/N-ethyl adjacent to an activating group) is 1. The zero-order valence-electron chi connectivity index (χ0n) is 12.3. The molecule has 0 heterocycles. The van der Waals surface area contributed by atoms with Crippen LogP contribution >= 0.6 is 0 Å². The third-order valence-electron chi connectivity index (χ3n) is 4.76. The van der Waals surface area contributed by atoms with E-state index in [1.54, 1.807) is 7.05 Å². The van der Waals surface area contributed by atoms with Crippen molar-refractivity contribution in [2.24, 2.45) is 0 Å². The summed E-state index contributed by atoms with van der Waals surface area (Å²) < 4.78 is 0. The summed E-state index contributed by atoms with van der Waals surface area (Å²) in [6.07, 6.45) is 2.71. The summed E-state index contributed by atoms with van der Waals surface area (Å²) in [4.78, 5) is 12.6. The standard InChI is InChI=1S/C18H21NO2/c1-19-17(21)18(11-5-4-8-16(18)20)15-10-9-13-6-2-3-7-14(13)12-15/h2-3,6-7,9-10,12,16,20H,4-5,8,11H2,1H3,(H,19,21)/t16-,18+/m1/s1. The third-order valence-corrected chi connectivity index (χ3v) is 4.76. The number of aliphatic hydroxyl groups is 1. The fourth-order valence-electron chi connectivity index (χ4n) is 3.58. The highest BCUT2D eigenvalue weighted by Crippen LogP contribution is 2.40. The van der Waals surface area contributed by atoms with Gasteiger partial charge < -0.3 is 10.4 Å².